The van der Waals surface area contributed by atoms with E-state index < -0.39 is 0 Å². The second kappa shape index (κ2) is 9.27. The molecule has 2 fully saturated rings. The number of rotatable bonds is 4. The summed E-state index contributed by atoms with van der Waals surface area (Å²) in [4.78, 5) is 28.8. The number of amides is 2. The molecule has 0 spiro atoms. The summed E-state index contributed by atoms with van der Waals surface area (Å²) in [6.45, 7) is 5.19. The number of carbonyl (C=O) groups excluding carboxylic acids is 2. The van der Waals surface area contributed by atoms with Gasteiger partial charge in [0.05, 0.1) is 6.04 Å². The summed E-state index contributed by atoms with van der Waals surface area (Å²) in [5.41, 5.74) is 7.32. The van der Waals surface area contributed by atoms with Gasteiger partial charge in [0.15, 0.2) is 0 Å². The van der Waals surface area contributed by atoms with Crippen molar-refractivity contribution in [1.82, 2.24) is 15.1 Å². The van der Waals surface area contributed by atoms with Gasteiger partial charge >= 0.3 is 0 Å². The number of fused-ring (bicyclic) bond motifs is 2. The highest BCUT2D eigenvalue weighted by atomic mass is 16.2. The van der Waals surface area contributed by atoms with E-state index in [1.807, 2.05) is 0 Å². The van der Waals surface area contributed by atoms with Crippen LogP contribution in [0.25, 0.3) is 0 Å². The predicted molar refractivity (Wildman–Crippen MR) is 132 cm³/mol. The molecular weight excluding hydrogens is 422 g/mol. The van der Waals surface area contributed by atoms with E-state index in [1.165, 1.54) is 68.4 Å². The van der Waals surface area contributed by atoms with Gasteiger partial charge in [-0.3, -0.25) is 19.8 Å². The van der Waals surface area contributed by atoms with Gasteiger partial charge < -0.3 is 4.90 Å². The lowest BCUT2D eigenvalue weighted by molar-refractivity contribution is -0.137. The summed E-state index contributed by atoms with van der Waals surface area (Å²) in [5, 5.41) is 2.51. The predicted octanol–water partition coefficient (Wildman–Crippen LogP) is 4.11. The number of carbonyl (C=O) groups is 2. The summed E-state index contributed by atoms with van der Waals surface area (Å²) < 4.78 is 0. The Bertz CT molecular complexity index is 1090. The van der Waals surface area contributed by atoms with Gasteiger partial charge in [0, 0.05) is 26.1 Å². The van der Waals surface area contributed by atoms with E-state index in [0.29, 0.717) is 24.7 Å². The number of benzene rings is 2. The van der Waals surface area contributed by atoms with Crippen LogP contribution in [0, 0.1) is 0 Å². The fourth-order valence-corrected chi connectivity index (χ4v) is 6.75. The molecule has 0 bridgehead atoms. The third kappa shape index (κ3) is 4.32. The van der Waals surface area contributed by atoms with Crippen LogP contribution >= 0.6 is 0 Å². The average Bonchev–Trinajstić information content (AvgIpc) is 3.28. The van der Waals surface area contributed by atoms with Crippen molar-refractivity contribution in [3.8, 4) is 0 Å². The summed E-state index contributed by atoms with van der Waals surface area (Å²) >= 11 is 0. The molecule has 0 aromatic heterocycles. The topological polar surface area (TPSA) is 52.7 Å². The van der Waals surface area contributed by atoms with Crippen molar-refractivity contribution >= 4 is 11.8 Å². The smallest absolute Gasteiger partial charge is 0.243 e. The highest BCUT2D eigenvalue weighted by molar-refractivity contribution is 6.00. The number of piperidine rings is 2. The molecule has 3 heterocycles. The van der Waals surface area contributed by atoms with Crippen LogP contribution in [0.15, 0.2) is 42.5 Å². The molecule has 0 saturated carbocycles. The Kier molecular flexibility index (Phi) is 6.00. The van der Waals surface area contributed by atoms with Crippen molar-refractivity contribution in [2.24, 2.45) is 0 Å². The van der Waals surface area contributed by atoms with Gasteiger partial charge in [-0.2, -0.15) is 0 Å². The standard InChI is InChI=1S/C29H35N3O2/c33-28-11-10-27(29(34)30-28)32-18-23-9-8-22(16-25(23)19-32)20-12-14-31(15-13-20)17-24-6-3-5-21-4-1-2-7-26(21)24/h1-2,4,7-9,16,20,24,27H,3,5-6,10-15,17-19H2,(H,30,33,34). The number of aryl methyl sites for hydroxylation is 1. The van der Waals surface area contributed by atoms with Gasteiger partial charge in [-0.1, -0.05) is 42.5 Å². The van der Waals surface area contributed by atoms with E-state index in [1.54, 1.807) is 11.1 Å². The van der Waals surface area contributed by atoms with Crippen LogP contribution in [0.4, 0.5) is 0 Å². The van der Waals surface area contributed by atoms with E-state index in [9.17, 15) is 9.59 Å². The number of hydrogen-bond acceptors (Lipinski definition) is 4. The first-order valence-corrected chi connectivity index (χ1v) is 13.1. The molecule has 178 valence electrons. The Morgan fingerprint density at radius 3 is 2.53 bits per heavy atom. The van der Waals surface area contributed by atoms with Crippen molar-refractivity contribution in [2.45, 2.75) is 75.9 Å². The van der Waals surface area contributed by atoms with Gasteiger partial charge in [0.2, 0.25) is 11.8 Å². The molecule has 2 amide bonds. The van der Waals surface area contributed by atoms with Crippen molar-refractivity contribution in [3.05, 3.63) is 70.3 Å². The summed E-state index contributed by atoms with van der Waals surface area (Å²) in [6, 6.07) is 15.9. The molecule has 2 aromatic rings. The van der Waals surface area contributed by atoms with Gasteiger partial charge in [-0.05, 0) is 91.3 Å². The van der Waals surface area contributed by atoms with Crippen LogP contribution in [-0.4, -0.2) is 47.3 Å². The van der Waals surface area contributed by atoms with E-state index in [2.05, 4.69) is 57.6 Å². The van der Waals surface area contributed by atoms with Crippen molar-refractivity contribution < 1.29 is 9.59 Å². The van der Waals surface area contributed by atoms with E-state index in [0.717, 1.165) is 13.1 Å². The minimum absolute atomic E-state index is 0.128. The molecule has 34 heavy (non-hydrogen) atoms. The van der Waals surface area contributed by atoms with Crippen LogP contribution in [0.1, 0.15) is 78.2 Å². The molecule has 5 nitrogen and oxygen atoms in total. The Balaban J connectivity index is 1.06. The SMILES string of the molecule is O=C1CCC(N2Cc3ccc(C4CCN(CC5CCCc6ccccc65)CC4)cc3C2)C(=O)N1. The number of nitrogens with one attached hydrogen (secondary N) is 1. The maximum Gasteiger partial charge on any atom is 0.243 e. The molecule has 4 aliphatic rings. The molecule has 2 saturated heterocycles. The zero-order valence-electron chi connectivity index (χ0n) is 20.0. The lowest BCUT2D eigenvalue weighted by atomic mass is 9.82. The first-order valence-electron chi connectivity index (χ1n) is 13.1. The lowest BCUT2D eigenvalue weighted by Crippen LogP contribution is -2.50. The zero-order valence-corrected chi connectivity index (χ0v) is 20.0. The van der Waals surface area contributed by atoms with Crippen LogP contribution in [-0.2, 0) is 29.1 Å². The minimum atomic E-state index is -0.179. The van der Waals surface area contributed by atoms with Gasteiger partial charge in [-0.25, -0.2) is 0 Å². The second-order valence-corrected chi connectivity index (χ2v) is 10.8. The zero-order chi connectivity index (χ0) is 23.1. The highest BCUT2D eigenvalue weighted by Crippen LogP contribution is 2.36. The molecule has 2 unspecified atom stereocenters. The molecule has 5 heteroatoms. The Morgan fingerprint density at radius 1 is 0.853 bits per heavy atom. The number of nitrogens with zero attached hydrogens (tertiary/aromatic N) is 2. The van der Waals surface area contributed by atoms with Crippen LogP contribution in [0.2, 0.25) is 0 Å². The molecule has 3 aliphatic heterocycles. The number of likely N-dealkylation sites (tertiary alicyclic amines) is 1. The maximum atomic E-state index is 12.3. The minimum Gasteiger partial charge on any atom is -0.303 e. The van der Waals surface area contributed by atoms with Gasteiger partial charge in [0.1, 0.15) is 0 Å². The molecule has 1 aliphatic carbocycles. The van der Waals surface area contributed by atoms with Crippen LogP contribution in [0.3, 0.4) is 0 Å². The Hall–Kier alpha value is -2.50. The maximum absolute atomic E-state index is 12.3. The van der Waals surface area contributed by atoms with Crippen LogP contribution in [0.5, 0.6) is 0 Å². The molecule has 2 aromatic carbocycles. The number of imide groups is 1. The van der Waals surface area contributed by atoms with Gasteiger partial charge in [0.25, 0.3) is 0 Å². The largest absolute Gasteiger partial charge is 0.303 e. The van der Waals surface area contributed by atoms with Crippen LogP contribution < -0.4 is 5.32 Å². The highest BCUT2D eigenvalue weighted by Gasteiger charge is 2.35. The third-order valence-corrected chi connectivity index (χ3v) is 8.66. The normalized spacial score (nSPS) is 26.2. The summed E-state index contributed by atoms with van der Waals surface area (Å²) in [6.07, 6.45) is 7.42. The lowest BCUT2D eigenvalue weighted by Gasteiger charge is -2.36. The Labute approximate surface area is 202 Å². The second-order valence-electron chi connectivity index (χ2n) is 10.8. The quantitative estimate of drug-likeness (QED) is 0.702. The van der Waals surface area contributed by atoms with E-state index >= 15 is 0 Å². The van der Waals surface area contributed by atoms with Crippen molar-refractivity contribution in [1.29, 1.82) is 0 Å². The average molecular weight is 458 g/mol. The summed E-state index contributed by atoms with van der Waals surface area (Å²) in [5.74, 6) is 1.06. The molecular formula is C29H35N3O2. The molecule has 1 N–H and O–H groups in total. The molecule has 0 radical (unpaired) electrons. The third-order valence-electron chi connectivity index (χ3n) is 8.66. The van der Waals surface area contributed by atoms with Crippen molar-refractivity contribution in [3.63, 3.8) is 0 Å². The fourth-order valence-electron chi connectivity index (χ4n) is 6.75. The number of hydrogen-bond donors (Lipinski definition) is 1. The van der Waals surface area contributed by atoms with Gasteiger partial charge in [-0.15, -0.1) is 0 Å². The molecule has 6 rings (SSSR count). The van der Waals surface area contributed by atoms with E-state index in [-0.39, 0.29) is 17.9 Å². The first kappa shape index (κ1) is 22.0. The first-order chi connectivity index (χ1) is 16.6. The fraction of sp³-hybridized carbons (Fsp3) is 0.517. The molecule has 2 atom stereocenters. The van der Waals surface area contributed by atoms with E-state index in [4.69, 9.17) is 0 Å². The van der Waals surface area contributed by atoms with Crippen molar-refractivity contribution in [2.75, 3.05) is 19.6 Å². The summed E-state index contributed by atoms with van der Waals surface area (Å²) in [7, 11) is 0. The Morgan fingerprint density at radius 2 is 1.68 bits per heavy atom. The monoisotopic (exact) mass is 457 g/mol.